The molecule has 3 unspecified atom stereocenters. The normalized spacial score (nSPS) is 18.7. The number of hydrogen-bond acceptors (Lipinski definition) is 7. The molecule has 0 saturated heterocycles. The Bertz CT molecular complexity index is 181. The van der Waals surface area contributed by atoms with Crippen molar-refractivity contribution in [2.24, 2.45) is 0 Å². The molecule has 7 nitrogen and oxygen atoms in total. The van der Waals surface area contributed by atoms with Crippen LogP contribution in [0.25, 0.3) is 0 Å². The van der Waals surface area contributed by atoms with Crippen molar-refractivity contribution in [3.05, 3.63) is 0 Å². The van der Waals surface area contributed by atoms with Crippen LogP contribution in [0.3, 0.4) is 0 Å². The maximum atomic E-state index is 10.3. The zero-order valence-electron chi connectivity index (χ0n) is 7.57. The number of methoxy groups -OCH3 is 1. The minimum atomic E-state index is -2.88. The average molecular weight is 210 g/mol. The number of hydrogen-bond donors (Lipinski definition) is 5. The summed E-state index contributed by atoms with van der Waals surface area (Å²) in [5.74, 6) is -2.88. The van der Waals surface area contributed by atoms with Gasteiger partial charge in [-0.3, -0.25) is 0 Å². The molecule has 0 aromatic carbocycles. The fourth-order valence-electron chi connectivity index (χ4n) is 0.822. The summed E-state index contributed by atoms with van der Waals surface area (Å²) in [7, 11) is 1.10. The summed E-state index contributed by atoms with van der Waals surface area (Å²) >= 11 is 0. The minimum Gasteiger partial charge on any atom is -0.391 e. The van der Waals surface area contributed by atoms with Gasteiger partial charge in [0.05, 0.1) is 6.61 Å². The Kier molecular flexibility index (Phi) is 5.13. The number of carbonyl (C=O) groups is 1. The summed E-state index contributed by atoms with van der Waals surface area (Å²) in [6.45, 7) is -1.18. The van der Waals surface area contributed by atoms with E-state index in [4.69, 9.17) is 20.4 Å². The molecule has 0 fully saturated rings. The lowest BCUT2D eigenvalue weighted by molar-refractivity contribution is -0.270. The van der Waals surface area contributed by atoms with Crippen molar-refractivity contribution >= 4 is 6.29 Å². The number of ether oxygens (including phenoxy) is 1. The Labute approximate surface area is 80.2 Å². The summed E-state index contributed by atoms with van der Waals surface area (Å²) < 4.78 is 4.44. The van der Waals surface area contributed by atoms with E-state index in [0.717, 1.165) is 7.11 Å². The van der Waals surface area contributed by atoms with E-state index in [1.165, 1.54) is 0 Å². The predicted octanol–water partition coefficient (Wildman–Crippen LogP) is -3.40. The summed E-state index contributed by atoms with van der Waals surface area (Å²) in [6, 6.07) is 0. The molecule has 0 heterocycles. The second kappa shape index (κ2) is 5.35. The number of aldehydes is 1. The van der Waals surface area contributed by atoms with E-state index in [-0.39, 0.29) is 6.29 Å². The third kappa shape index (κ3) is 2.98. The van der Waals surface area contributed by atoms with E-state index in [1.54, 1.807) is 0 Å². The molecule has 0 aliphatic heterocycles. The van der Waals surface area contributed by atoms with Gasteiger partial charge in [0.1, 0.15) is 18.3 Å². The van der Waals surface area contributed by atoms with E-state index in [0.29, 0.717) is 0 Å². The molecule has 14 heavy (non-hydrogen) atoms. The third-order valence-corrected chi connectivity index (χ3v) is 1.77. The van der Waals surface area contributed by atoms with Crippen molar-refractivity contribution in [3.8, 4) is 0 Å². The second-order valence-corrected chi connectivity index (χ2v) is 2.81. The van der Waals surface area contributed by atoms with Gasteiger partial charge in [-0.25, -0.2) is 0 Å². The first-order valence-corrected chi connectivity index (χ1v) is 3.80. The summed E-state index contributed by atoms with van der Waals surface area (Å²) in [5, 5.41) is 44.6. The first-order valence-electron chi connectivity index (χ1n) is 3.80. The first-order chi connectivity index (χ1) is 6.40. The Hall–Kier alpha value is -0.570. The lowest BCUT2D eigenvalue weighted by atomic mass is 10.0. The Morgan fingerprint density at radius 1 is 1.43 bits per heavy atom. The molecule has 0 aromatic heterocycles. The minimum absolute atomic E-state index is 0.196. The fraction of sp³-hybridized carbons (Fsp3) is 0.857. The van der Waals surface area contributed by atoms with E-state index in [9.17, 15) is 9.90 Å². The van der Waals surface area contributed by atoms with Crippen LogP contribution in [0.5, 0.6) is 0 Å². The first kappa shape index (κ1) is 13.4. The molecule has 0 aromatic rings. The van der Waals surface area contributed by atoms with Gasteiger partial charge in [-0.05, 0) is 0 Å². The van der Waals surface area contributed by atoms with Gasteiger partial charge in [0.15, 0.2) is 6.29 Å². The highest BCUT2D eigenvalue weighted by Gasteiger charge is 2.41. The van der Waals surface area contributed by atoms with Crippen LogP contribution in [0.4, 0.5) is 0 Å². The van der Waals surface area contributed by atoms with Crippen LogP contribution < -0.4 is 0 Å². The van der Waals surface area contributed by atoms with Crippen LogP contribution >= 0.6 is 0 Å². The van der Waals surface area contributed by atoms with E-state index >= 15 is 0 Å². The van der Waals surface area contributed by atoms with Crippen LogP contribution in [0.2, 0.25) is 0 Å². The topological polar surface area (TPSA) is 127 Å². The van der Waals surface area contributed by atoms with Crippen LogP contribution in [0, 0.1) is 0 Å². The molecular weight excluding hydrogens is 196 g/mol. The Morgan fingerprint density at radius 3 is 2.21 bits per heavy atom. The monoisotopic (exact) mass is 210 g/mol. The van der Waals surface area contributed by atoms with Gasteiger partial charge in [-0.15, -0.1) is 0 Å². The van der Waals surface area contributed by atoms with Crippen molar-refractivity contribution in [3.63, 3.8) is 0 Å². The molecule has 0 radical (unpaired) electrons. The van der Waals surface area contributed by atoms with Crippen LogP contribution in [0.1, 0.15) is 0 Å². The van der Waals surface area contributed by atoms with E-state index < -0.39 is 30.7 Å². The maximum Gasteiger partial charge on any atom is 0.216 e. The average Bonchev–Trinajstić information content (AvgIpc) is 2.18. The quantitative estimate of drug-likeness (QED) is 0.228. The molecule has 84 valence electrons. The molecule has 5 N–H and O–H groups in total. The molecule has 0 aliphatic carbocycles. The zero-order chi connectivity index (χ0) is 11.4. The smallest absolute Gasteiger partial charge is 0.216 e. The number of carbonyl (C=O) groups excluding carboxylic acids is 1. The Morgan fingerprint density at radius 2 is 1.93 bits per heavy atom. The van der Waals surface area contributed by atoms with Crippen molar-refractivity contribution in [2.75, 3.05) is 13.7 Å². The van der Waals surface area contributed by atoms with E-state index in [2.05, 4.69) is 4.74 Å². The van der Waals surface area contributed by atoms with Gasteiger partial charge in [0.2, 0.25) is 5.79 Å². The van der Waals surface area contributed by atoms with Crippen molar-refractivity contribution < 1.29 is 35.1 Å². The molecule has 0 spiro atoms. The molecule has 0 bridgehead atoms. The van der Waals surface area contributed by atoms with Gasteiger partial charge in [0, 0.05) is 7.11 Å². The maximum absolute atomic E-state index is 10.3. The van der Waals surface area contributed by atoms with Crippen LogP contribution in [-0.2, 0) is 9.53 Å². The van der Waals surface area contributed by atoms with E-state index in [1.807, 2.05) is 0 Å². The second-order valence-electron chi connectivity index (χ2n) is 2.81. The molecule has 0 saturated carbocycles. The Balaban J connectivity index is 4.51. The SMILES string of the molecule is COC(C=O)C(O)C(O)C(O)(O)CO. The van der Waals surface area contributed by atoms with Gasteiger partial charge >= 0.3 is 0 Å². The fourth-order valence-corrected chi connectivity index (χ4v) is 0.822. The molecule has 3 atom stereocenters. The standard InChI is InChI=1S/C7H14O7/c1-14-4(2-8)5(10)6(11)7(12,13)3-9/h2,4-6,9-13H,3H2,1H3. The molecule has 0 aliphatic rings. The lowest BCUT2D eigenvalue weighted by Crippen LogP contribution is -2.55. The lowest BCUT2D eigenvalue weighted by Gasteiger charge is -2.30. The van der Waals surface area contributed by atoms with Crippen LogP contribution in [0.15, 0.2) is 0 Å². The van der Waals surface area contributed by atoms with Gasteiger partial charge in [-0.1, -0.05) is 0 Å². The highest BCUT2D eigenvalue weighted by atomic mass is 16.5. The van der Waals surface area contributed by atoms with Crippen LogP contribution in [-0.4, -0.2) is 69.6 Å². The highest BCUT2D eigenvalue weighted by molar-refractivity contribution is 5.57. The third-order valence-electron chi connectivity index (χ3n) is 1.77. The number of aliphatic hydroxyl groups is 5. The zero-order valence-corrected chi connectivity index (χ0v) is 7.57. The summed E-state index contributed by atoms with van der Waals surface area (Å²) in [6.07, 6.45) is -5.14. The number of aliphatic hydroxyl groups excluding tert-OH is 3. The van der Waals surface area contributed by atoms with Gasteiger partial charge in [0.25, 0.3) is 0 Å². The van der Waals surface area contributed by atoms with Crippen molar-refractivity contribution in [1.29, 1.82) is 0 Å². The molecule has 0 amide bonds. The van der Waals surface area contributed by atoms with Gasteiger partial charge < -0.3 is 35.1 Å². The molecule has 0 rings (SSSR count). The number of rotatable bonds is 6. The summed E-state index contributed by atoms with van der Waals surface area (Å²) in [4.78, 5) is 10.3. The van der Waals surface area contributed by atoms with Gasteiger partial charge in [-0.2, -0.15) is 0 Å². The highest BCUT2D eigenvalue weighted by Crippen LogP contribution is 2.13. The van der Waals surface area contributed by atoms with Crippen molar-refractivity contribution in [2.45, 2.75) is 24.1 Å². The van der Waals surface area contributed by atoms with Crippen molar-refractivity contribution in [1.82, 2.24) is 0 Å². The molecular formula is C7H14O7. The summed E-state index contributed by atoms with van der Waals surface area (Å²) in [5.41, 5.74) is 0. The largest absolute Gasteiger partial charge is 0.391 e. The predicted molar refractivity (Wildman–Crippen MR) is 43.1 cm³/mol. The molecule has 7 heteroatoms.